The Morgan fingerprint density at radius 2 is 1.72 bits per heavy atom. The van der Waals surface area contributed by atoms with Crippen LogP contribution in [0.1, 0.15) is 47.0 Å². The molecule has 1 atom stereocenters. The molecule has 0 radical (unpaired) electrons. The van der Waals surface area contributed by atoms with Crippen LogP contribution in [0.2, 0.25) is 0 Å². The van der Waals surface area contributed by atoms with Crippen LogP contribution >= 0.6 is 0 Å². The lowest BCUT2D eigenvalue weighted by atomic mass is 9.76. The zero-order valence-electron chi connectivity index (χ0n) is 12.3. The van der Waals surface area contributed by atoms with E-state index in [0.29, 0.717) is 13.0 Å². The first-order chi connectivity index (χ1) is 8.21. The molecule has 0 saturated carbocycles. The van der Waals surface area contributed by atoms with Crippen LogP contribution in [0.15, 0.2) is 0 Å². The van der Waals surface area contributed by atoms with Crippen LogP contribution in [0.5, 0.6) is 0 Å². The van der Waals surface area contributed by atoms with Crippen molar-refractivity contribution in [2.24, 2.45) is 0 Å². The molecular weight excluding hydrogens is 230 g/mol. The van der Waals surface area contributed by atoms with Gasteiger partial charge in [0, 0.05) is 30.5 Å². The molecule has 0 aromatic heterocycles. The molecule has 2 fully saturated rings. The largest absolute Gasteiger partial charge is 0.396 e. The molecule has 0 aromatic carbocycles. The second-order valence-corrected chi connectivity index (χ2v) is 7.01. The fourth-order valence-corrected chi connectivity index (χ4v) is 3.53. The van der Waals surface area contributed by atoms with Crippen molar-refractivity contribution in [3.63, 3.8) is 0 Å². The molecular formula is C14H27NO3. The van der Waals surface area contributed by atoms with Crippen LogP contribution in [0, 0.1) is 0 Å². The van der Waals surface area contributed by atoms with Gasteiger partial charge in [-0.25, -0.2) is 0 Å². The monoisotopic (exact) mass is 257 g/mol. The lowest BCUT2D eigenvalue weighted by Crippen LogP contribution is -2.64. The third kappa shape index (κ3) is 2.44. The summed E-state index contributed by atoms with van der Waals surface area (Å²) in [5.41, 5.74) is 0.103. The van der Waals surface area contributed by atoms with E-state index < -0.39 is 5.79 Å². The molecule has 1 spiro atoms. The van der Waals surface area contributed by atoms with Gasteiger partial charge in [0.25, 0.3) is 0 Å². The maximum Gasteiger partial charge on any atom is 0.172 e. The summed E-state index contributed by atoms with van der Waals surface area (Å²) >= 11 is 0. The quantitative estimate of drug-likeness (QED) is 0.818. The fraction of sp³-hybridized carbons (Fsp3) is 1.00. The highest BCUT2D eigenvalue weighted by Gasteiger charge is 2.55. The van der Waals surface area contributed by atoms with E-state index in [-0.39, 0.29) is 23.8 Å². The lowest BCUT2D eigenvalue weighted by Gasteiger charge is -2.56. The van der Waals surface area contributed by atoms with E-state index in [2.05, 4.69) is 39.6 Å². The van der Waals surface area contributed by atoms with E-state index in [1.165, 1.54) is 0 Å². The minimum atomic E-state index is -0.459. The van der Waals surface area contributed by atoms with E-state index in [4.69, 9.17) is 14.6 Å². The van der Waals surface area contributed by atoms with Gasteiger partial charge in [-0.1, -0.05) is 0 Å². The van der Waals surface area contributed by atoms with Gasteiger partial charge in [0.05, 0.1) is 12.7 Å². The van der Waals surface area contributed by atoms with Crippen LogP contribution in [0.3, 0.4) is 0 Å². The van der Waals surface area contributed by atoms with Gasteiger partial charge >= 0.3 is 0 Å². The molecule has 2 aliphatic heterocycles. The van der Waals surface area contributed by atoms with E-state index in [1.807, 2.05) is 0 Å². The molecule has 0 aromatic rings. The topological polar surface area (TPSA) is 41.9 Å². The molecule has 2 rings (SSSR count). The van der Waals surface area contributed by atoms with Crippen LogP contribution in [0.4, 0.5) is 0 Å². The van der Waals surface area contributed by atoms with Gasteiger partial charge in [-0.15, -0.1) is 0 Å². The Hall–Kier alpha value is -0.160. The number of likely N-dealkylation sites (tertiary alicyclic amines) is 1. The number of aliphatic hydroxyl groups excluding tert-OH is 1. The number of aliphatic hydroxyl groups is 1. The van der Waals surface area contributed by atoms with Crippen molar-refractivity contribution in [2.75, 3.05) is 20.3 Å². The Kier molecular flexibility index (Phi) is 3.52. The first-order valence-electron chi connectivity index (χ1n) is 6.87. The Labute approximate surface area is 110 Å². The second kappa shape index (κ2) is 4.44. The van der Waals surface area contributed by atoms with E-state index >= 15 is 0 Å². The number of piperidine rings is 1. The zero-order valence-corrected chi connectivity index (χ0v) is 12.3. The highest BCUT2D eigenvalue weighted by molar-refractivity contribution is 5.04. The molecule has 0 aliphatic carbocycles. The molecule has 1 N–H and O–H groups in total. The SMILES string of the molecule is CN1C(C)(C)CC2(CC1(C)C)OCC(CCO)O2. The van der Waals surface area contributed by atoms with Gasteiger partial charge in [-0.2, -0.15) is 0 Å². The maximum atomic E-state index is 9.02. The predicted molar refractivity (Wildman–Crippen MR) is 70.4 cm³/mol. The number of hydrogen-bond acceptors (Lipinski definition) is 4. The van der Waals surface area contributed by atoms with Crippen molar-refractivity contribution in [3.8, 4) is 0 Å². The highest BCUT2D eigenvalue weighted by Crippen LogP contribution is 2.47. The van der Waals surface area contributed by atoms with E-state index in [1.54, 1.807) is 0 Å². The maximum absolute atomic E-state index is 9.02. The lowest BCUT2D eigenvalue weighted by molar-refractivity contribution is -0.242. The van der Waals surface area contributed by atoms with Gasteiger partial charge in [0.15, 0.2) is 5.79 Å². The van der Waals surface area contributed by atoms with Crippen molar-refractivity contribution in [2.45, 2.75) is 69.9 Å². The van der Waals surface area contributed by atoms with Crippen LogP contribution in [0.25, 0.3) is 0 Å². The molecule has 1 unspecified atom stereocenters. The first kappa shape index (κ1) is 14.3. The van der Waals surface area contributed by atoms with Crippen molar-refractivity contribution >= 4 is 0 Å². The number of rotatable bonds is 2. The Morgan fingerprint density at radius 3 is 2.22 bits per heavy atom. The van der Waals surface area contributed by atoms with Gasteiger partial charge in [-0.05, 0) is 41.2 Å². The third-order valence-electron chi connectivity index (χ3n) is 4.58. The molecule has 106 valence electrons. The van der Waals surface area contributed by atoms with Gasteiger partial charge < -0.3 is 14.6 Å². The molecule has 4 nitrogen and oxygen atoms in total. The van der Waals surface area contributed by atoms with Crippen molar-refractivity contribution in [1.29, 1.82) is 0 Å². The van der Waals surface area contributed by atoms with Crippen LogP contribution < -0.4 is 0 Å². The number of hydrogen-bond donors (Lipinski definition) is 1. The number of ether oxygens (including phenoxy) is 2. The van der Waals surface area contributed by atoms with Crippen molar-refractivity contribution in [1.82, 2.24) is 4.90 Å². The molecule has 0 bridgehead atoms. The van der Waals surface area contributed by atoms with E-state index in [0.717, 1.165) is 12.8 Å². The standard InChI is InChI=1S/C14H27NO3/c1-12(2)9-14(10-13(3,4)15(12)5)17-8-11(18-14)6-7-16/h11,16H,6-10H2,1-5H3. The van der Waals surface area contributed by atoms with Crippen molar-refractivity contribution < 1.29 is 14.6 Å². The second-order valence-electron chi connectivity index (χ2n) is 7.01. The van der Waals surface area contributed by atoms with Gasteiger partial charge in [0.2, 0.25) is 0 Å². The third-order valence-corrected chi connectivity index (χ3v) is 4.58. The minimum absolute atomic E-state index is 0.0463. The summed E-state index contributed by atoms with van der Waals surface area (Å²) in [5.74, 6) is -0.459. The summed E-state index contributed by atoms with van der Waals surface area (Å²) in [5, 5.41) is 9.02. The smallest absolute Gasteiger partial charge is 0.172 e. The average Bonchev–Trinajstić information content (AvgIpc) is 2.57. The molecule has 2 saturated heterocycles. The average molecular weight is 257 g/mol. The van der Waals surface area contributed by atoms with Gasteiger partial charge in [0.1, 0.15) is 0 Å². The summed E-state index contributed by atoms with van der Waals surface area (Å²) in [7, 11) is 2.17. The Balaban J connectivity index is 2.16. The molecule has 2 heterocycles. The van der Waals surface area contributed by atoms with Crippen LogP contribution in [-0.4, -0.2) is 53.2 Å². The first-order valence-corrected chi connectivity index (χ1v) is 6.87. The Morgan fingerprint density at radius 1 is 1.17 bits per heavy atom. The summed E-state index contributed by atoms with van der Waals surface area (Å²) in [6, 6.07) is 0. The molecule has 4 heteroatoms. The normalized spacial score (nSPS) is 34.0. The molecule has 0 amide bonds. The highest BCUT2D eigenvalue weighted by atomic mass is 16.7. The summed E-state index contributed by atoms with van der Waals surface area (Å²) in [6.07, 6.45) is 2.47. The van der Waals surface area contributed by atoms with Crippen molar-refractivity contribution in [3.05, 3.63) is 0 Å². The molecule has 18 heavy (non-hydrogen) atoms. The minimum Gasteiger partial charge on any atom is -0.396 e. The summed E-state index contributed by atoms with van der Waals surface area (Å²) in [4.78, 5) is 2.41. The number of nitrogens with zero attached hydrogens (tertiary/aromatic N) is 1. The van der Waals surface area contributed by atoms with Crippen LogP contribution in [-0.2, 0) is 9.47 Å². The van der Waals surface area contributed by atoms with E-state index in [9.17, 15) is 0 Å². The van der Waals surface area contributed by atoms with Gasteiger partial charge in [-0.3, -0.25) is 4.90 Å². The molecule has 2 aliphatic rings. The zero-order chi connectivity index (χ0) is 13.6. The Bertz CT molecular complexity index is 296. The summed E-state index contributed by atoms with van der Waals surface area (Å²) in [6.45, 7) is 9.72. The predicted octanol–water partition coefficient (Wildman–Crippen LogP) is 1.76. The summed E-state index contributed by atoms with van der Waals surface area (Å²) < 4.78 is 12.1. The fourth-order valence-electron chi connectivity index (χ4n) is 3.53.